The van der Waals surface area contributed by atoms with Gasteiger partial charge in [-0.05, 0) is 20.8 Å². The first-order chi connectivity index (χ1) is 12.8. The Kier molecular flexibility index (Phi) is 6.70. The molecular formula is C18H28O10. The van der Waals surface area contributed by atoms with Gasteiger partial charge in [0.25, 0.3) is 5.97 Å². The maximum Gasteiger partial charge on any atom is 0.303 e. The highest BCUT2D eigenvalue weighted by molar-refractivity contribution is 5.67. The van der Waals surface area contributed by atoms with Gasteiger partial charge in [0.1, 0.15) is 12.7 Å². The molecule has 2 aliphatic rings. The van der Waals surface area contributed by atoms with Gasteiger partial charge in [0, 0.05) is 27.7 Å². The second-order valence-electron chi connectivity index (χ2n) is 7.77. The fourth-order valence-electron chi connectivity index (χ4n) is 3.18. The Morgan fingerprint density at radius 1 is 0.929 bits per heavy atom. The molecule has 0 aromatic heterocycles. The van der Waals surface area contributed by atoms with E-state index in [9.17, 15) is 14.4 Å². The van der Waals surface area contributed by atoms with Gasteiger partial charge in [-0.3, -0.25) is 19.1 Å². The molecule has 160 valence electrons. The van der Waals surface area contributed by atoms with Crippen molar-refractivity contribution in [2.75, 3.05) is 6.61 Å². The van der Waals surface area contributed by atoms with Gasteiger partial charge < -0.3 is 28.4 Å². The zero-order valence-corrected chi connectivity index (χ0v) is 17.2. The van der Waals surface area contributed by atoms with Crippen molar-refractivity contribution in [3.05, 3.63) is 0 Å². The number of esters is 3. The second-order valence-corrected chi connectivity index (χ2v) is 7.77. The van der Waals surface area contributed by atoms with Crippen molar-refractivity contribution in [2.24, 2.45) is 0 Å². The van der Waals surface area contributed by atoms with Crippen LogP contribution >= 0.6 is 0 Å². The molecule has 0 amide bonds. The SMILES string of the molecule is CC(=O)OC[C@H]1O[C@@H]2O[C@](C)(OC(C)(C)C)O[C@@H]2[C@@H](OC(C)=O)[C@@H]1OC(C)=O. The Balaban J connectivity index is 2.31. The number of carbonyl (C=O) groups is 3. The Labute approximate surface area is 163 Å². The highest BCUT2D eigenvalue weighted by Gasteiger charge is 2.60. The molecule has 2 fully saturated rings. The summed E-state index contributed by atoms with van der Waals surface area (Å²) in [7, 11) is 0. The van der Waals surface area contributed by atoms with Gasteiger partial charge in [-0.1, -0.05) is 0 Å². The summed E-state index contributed by atoms with van der Waals surface area (Å²) in [5.41, 5.74) is -0.606. The van der Waals surface area contributed by atoms with Crippen LogP contribution in [0.15, 0.2) is 0 Å². The molecule has 0 radical (unpaired) electrons. The molecule has 6 atom stereocenters. The monoisotopic (exact) mass is 404 g/mol. The molecule has 2 saturated heterocycles. The van der Waals surface area contributed by atoms with Crippen LogP contribution in [0.4, 0.5) is 0 Å². The van der Waals surface area contributed by atoms with Gasteiger partial charge >= 0.3 is 17.9 Å². The summed E-state index contributed by atoms with van der Waals surface area (Å²) in [6.07, 6.45) is -4.97. The summed E-state index contributed by atoms with van der Waals surface area (Å²) in [5, 5.41) is 0. The Morgan fingerprint density at radius 2 is 1.50 bits per heavy atom. The lowest BCUT2D eigenvalue weighted by molar-refractivity contribution is -0.371. The number of carbonyl (C=O) groups excluding carboxylic acids is 3. The summed E-state index contributed by atoms with van der Waals surface area (Å²) in [6.45, 7) is 10.5. The summed E-state index contributed by atoms with van der Waals surface area (Å²) < 4.78 is 39.0. The fraction of sp³-hybridized carbons (Fsp3) is 0.833. The van der Waals surface area contributed by atoms with E-state index in [1.165, 1.54) is 20.8 Å². The molecule has 2 heterocycles. The van der Waals surface area contributed by atoms with Crippen molar-refractivity contribution in [1.82, 2.24) is 0 Å². The predicted octanol–water partition coefficient (Wildman–Crippen LogP) is 1.04. The maximum absolute atomic E-state index is 11.7. The van der Waals surface area contributed by atoms with Crippen LogP contribution in [-0.2, 0) is 47.5 Å². The largest absolute Gasteiger partial charge is 0.463 e. The first-order valence-corrected chi connectivity index (χ1v) is 8.99. The topological polar surface area (TPSA) is 116 Å². The van der Waals surface area contributed by atoms with Crippen LogP contribution in [-0.4, -0.2) is 66.8 Å². The predicted molar refractivity (Wildman–Crippen MR) is 91.6 cm³/mol. The number of hydrogen-bond donors (Lipinski definition) is 0. The molecule has 0 bridgehead atoms. The van der Waals surface area contributed by atoms with Gasteiger partial charge in [0.05, 0.1) is 5.60 Å². The van der Waals surface area contributed by atoms with E-state index in [4.69, 9.17) is 33.2 Å². The quantitative estimate of drug-likeness (QED) is 0.486. The van der Waals surface area contributed by atoms with Crippen LogP contribution in [0.2, 0.25) is 0 Å². The molecule has 0 saturated carbocycles. The van der Waals surface area contributed by atoms with Gasteiger partial charge in [-0.2, -0.15) is 0 Å². The third-order valence-corrected chi connectivity index (χ3v) is 3.82. The zero-order chi connectivity index (χ0) is 21.3. The minimum Gasteiger partial charge on any atom is -0.463 e. The van der Waals surface area contributed by atoms with E-state index in [0.717, 1.165) is 0 Å². The first kappa shape index (κ1) is 22.5. The molecule has 0 spiro atoms. The number of ether oxygens (including phenoxy) is 7. The van der Waals surface area contributed by atoms with Crippen molar-refractivity contribution in [3.8, 4) is 0 Å². The van der Waals surface area contributed by atoms with Crippen molar-refractivity contribution < 1.29 is 47.5 Å². The van der Waals surface area contributed by atoms with Gasteiger partial charge in [-0.25, -0.2) is 0 Å². The lowest BCUT2D eigenvalue weighted by Gasteiger charge is -2.40. The van der Waals surface area contributed by atoms with Crippen LogP contribution in [0.1, 0.15) is 48.5 Å². The van der Waals surface area contributed by atoms with E-state index in [1.807, 2.05) is 20.8 Å². The van der Waals surface area contributed by atoms with E-state index >= 15 is 0 Å². The lowest BCUT2D eigenvalue weighted by atomic mass is 9.98. The molecule has 2 rings (SSSR count). The normalized spacial score (nSPS) is 35.0. The molecule has 0 unspecified atom stereocenters. The maximum atomic E-state index is 11.7. The van der Waals surface area contributed by atoms with Crippen LogP contribution in [0.3, 0.4) is 0 Å². The molecule has 0 aromatic carbocycles. The molecule has 0 N–H and O–H groups in total. The summed E-state index contributed by atoms with van der Waals surface area (Å²) in [5.74, 6) is -3.25. The van der Waals surface area contributed by atoms with Crippen molar-refractivity contribution in [3.63, 3.8) is 0 Å². The minimum absolute atomic E-state index is 0.228. The van der Waals surface area contributed by atoms with E-state index in [-0.39, 0.29) is 6.61 Å². The fourth-order valence-corrected chi connectivity index (χ4v) is 3.18. The van der Waals surface area contributed by atoms with Gasteiger partial charge in [-0.15, -0.1) is 0 Å². The third-order valence-electron chi connectivity index (χ3n) is 3.82. The van der Waals surface area contributed by atoms with Crippen LogP contribution in [0.25, 0.3) is 0 Å². The number of rotatable bonds is 5. The van der Waals surface area contributed by atoms with Crippen LogP contribution < -0.4 is 0 Å². The minimum atomic E-state index is -1.48. The van der Waals surface area contributed by atoms with Gasteiger partial charge in [0.15, 0.2) is 24.6 Å². The molecule has 28 heavy (non-hydrogen) atoms. The van der Waals surface area contributed by atoms with Crippen LogP contribution in [0, 0.1) is 0 Å². The van der Waals surface area contributed by atoms with E-state index in [1.54, 1.807) is 6.92 Å². The summed E-state index contributed by atoms with van der Waals surface area (Å²) in [4.78, 5) is 34.5. The van der Waals surface area contributed by atoms with E-state index in [2.05, 4.69) is 0 Å². The molecule has 0 aliphatic carbocycles. The molecular weight excluding hydrogens is 376 g/mol. The summed E-state index contributed by atoms with van der Waals surface area (Å²) in [6, 6.07) is 0. The average Bonchev–Trinajstić information content (AvgIpc) is 2.80. The molecule has 0 aromatic rings. The standard InChI is InChI=1S/C18H28O10/c1-9(19)22-8-12-13(23-10(2)20)14(24-11(3)21)15-16(25-12)27-18(7,26-15)28-17(4,5)6/h12-16H,8H2,1-7H3/t12-,13-,14+,15-,16-,18-/m1/s1. The van der Waals surface area contributed by atoms with Crippen molar-refractivity contribution in [2.45, 2.75) is 90.7 Å². The molecule has 10 heteroatoms. The third kappa shape index (κ3) is 5.87. The van der Waals surface area contributed by atoms with Gasteiger partial charge in [0.2, 0.25) is 0 Å². The number of fused-ring (bicyclic) bond motifs is 1. The van der Waals surface area contributed by atoms with Crippen molar-refractivity contribution in [1.29, 1.82) is 0 Å². The first-order valence-electron chi connectivity index (χ1n) is 8.99. The van der Waals surface area contributed by atoms with E-state index in [0.29, 0.717) is 0 Å². The molecule has 10 nitrogen and oxygen atoms in total. The number of hydrogen-bond acceptors (Lipinski definition) is 10. The van der Waals surface area contributed by atoms with Crippen molar-refractivity contribution >= 4 is 17.9 Å². The average molecular weight is 404 g/mol. The second kappa shape index (κ2) is 8.32. The Hall–Kier alpha value is -1.75. The van der Waals surface area contributed by atoms with E-state index < -0.39 is 60.2 Å². The highest BCUT2D eigenvalue weighted by Crippen LogP contribution is 2.41. The summed E-state index contributed by atoms with van der Waals surface area (Å²) >= 11 is 0. The Bertz CT molecular complexity index is 612. The lowest BCUT2D eigenvalue weighted by Crippen LogP contribution is -2.60. The zero-order valence-electron chi connectivity index (χ0n) is 17.2. The highest BCUT2D eigenvalue weighted by atomic mass is 16.9. The Morgan fingerprint density at radius 3 is 2.00 bits per heavy atom. The smallest absolute Gasteiger partial charge is 0.303 e. The molecule has 2 aliphatic heterocycles. The van der Waals surface area contributed by atoms with Crippen LogP contribution in [0.5, 0.6) is 0 Å².